The number of benzene rings is 1. The molecule has 21 heavy (non-hydrogen) atoms. The molecule has 1 aliphatic rings. The molecule has 3 rings (SSSR count). The smallest absolute Gasteiger partial charge is 0.267 e. The summed E-state index contributed by atoms with van der Waals surface area (Å²) in [6, 6.07) is 8.78. The zero-order valence-corrected chi connectivity index (χ0v) is 11.7. The summed E-state index contributed by atoms with van der Waals surface area (Å²) in [4.78, 5) is 26.7. The van der Waals surface area contributed by atoms with E-state index in [0.717, 1.165) is 18.2 Å². The highest BCUT2D eigenvalue weighted by atomic mass is 16.3. The number of aromatic amines is 1. The third kappa shape index (κ3) is 2.83. The van der Waals surface area contributed by atoms with Crippen molar-refractivity contribution >= 4 is 16.7 Å². The predicted molar refractivity (Wildman–Crippen MR) is 80.3 cm³/mol. The summed E-state index contributed by atoms with van der Waals surface area (Å²) in [5.41, 5.74) is -0.856. The van der Waals surface area contributed by atoms with E-state index in [2.05, 4.69) is 10.3 Å². The Hall–Kier alpha value is -2.14. The summed E-state index contributed by atoms with van der Waals surface area (Å²) in [6.07, 6.45) is 3.39. The van der Waals surface area contributed by atoms with Crippen LogP contribution in [0.25, 0.3) is 10.8 Å². The summed E-state index contributed by atoms with van der Waals surface area (Å²) < 4.78 is 0. The molecule has 1 heterocycles. The summed E-state index contributed by atoms with van der Waals surface area (Å²) in [6.45, 7) is 0.223. The van der Waals surface area contributed by atoms with Crippen molar-refractivity contribution in [3.63, 3.8) is 0 Å². The maximum atomic E-state index is 12.1. The van der Waals surface area contributed by atoms with Gasteiger partial charge in [-0.3, -0.25) is 9.59 Å². The largest absolute Gasteiger partial charge is 0.388 e. The number of aromatic nitrogens is 1. The number of carbonyl (C=O) groups is 1. The summed E-state index contributed by atoms with van der Waals surface area (Å²) >= 11 is 0. The SMILES string of the molecule is O=C(NCC1(O)CCCC1)c1cc2ccccc2c(=O)[nH]1. The molecule has 3 N–H and O–H groups in total. The van der Waals surface area contributed by atoms with Gasteiger partial charge < -0.3 is 15.4 Å². The van der Waals surface area contributed by atoms with E-state index in [1.807, 2.05) is 6.07 Å². The van der Waals surface area contributed by atoms with Crippen molar-refractivity contribution in [2.24, 2.45) is 0 Å². The third-order valence-corrected chi connectivity index (χ3v) is 4.11. The van der Waals surface area contributed by atoms with Crippen molar-refractivity contribution in [3.8, 4) is 0 Å². The second-order valence-corrected chi connectivity index (χ2v) is 5.71. The Morgan fingerprint density at radius 2 is 2.00 bits per heavy atom. The minimum atomic E-state index is -0.799. The molecule has 1 aromatic carbocycles. The van der Waals surface area contributed by atoms with Gasteiger partial charge in [0.25, 0.3) is 11.5 Å². The van der Waals surface area contributed by atoms with Crippen LogP contribution in [0, 0.1) is 0 Å². The highest BCUT2D eigenvalue weighted by molar-refractivity contribution is 5.96. The van der Waals surface area contributed by atoms with Crippen LogP contribution in [0.1, 0.15) is 36.2 Å². The standard InChI is InChI=1S/C16H18N2O3/c19-14-12-6-2-1-5-11(12)9-13(18-14)15(20)17-10-16(21)7-3-4-8-16/h1-2,5-6,9,21H,3-4,7-8,10H2,(H,17,20)(H,18,19). The van der Waals surface area contributed by atoms with Crippen molar-refractivity contribution < 1.29 is 9.90 Å². The van der Waals surface area contributed by atoms with E-state index in [9.17, 15) is 14.7 Å². The number of nitrogens with one attached hydrogen (secondary N) is 2. The first-order chi connectivity index (χ1) is 10.1. The Labute approximate surface area is 122 Å². The monoisotopic (exact) mass is 286 g/mol. The summed E-state index contributed by atoms with van der Waals surface area (Å²) in [5.74, 6) is -0.363. The van der Waals surface area contributed by atoms with Gasteiger partial charge in [-0.2, -0.15) is 0 Å². The maximum absolute atomic E-state index is 12.1. The number of hydrogen-bond donors (Lipinski definition) is 3. The minimum Gasteiger partial charge on any atom is -0.388 e. The van der Waals surface area contributed by atoms with Crippen LogP contribution in [0.5, 0.6) is 0 Å². The Bertz CT molecular complexity index is 730. The van der Waals surface area contributed by atoms with Crippen molar-refractivity contribution in [1.82, 2.24) is 10.3 Å². The van der Waals surface area contributed by atoms with Gasteiger partial charge in [-0.15, -0.1) is 0 Å². The molecule has 0 spiro atoms. The molecule has 2 aromatic rings. The summed E-state index contributed by atoms with van der Waals surface area (Å²) in [5, 5.41) is 14.2. The number of rotatable bonds is 3. The van der Waals surface area contributed by atoms with Crippen molar-refractivity contribution in [1.29, 1.82) is 0 Å². The van der Waals surface area contributed by atoms with Crippen LogP contribution in [-0.4, -0.2) is 28.1 Å². The highest BCUT2D eigenvalue weighted by Crippen LogP contribution is 2.28. The first-order valence-corrected chi connectivity index (χ1v) is 7.20. The molecule has 1 aliphatic carbocycles. The maximum Gasteiger partial charge on any atom is 0.267 e. The highest BCUT2D eigenvalue weighted by Gasteiger charge is 2.31. The van der Waals surface area contributed by atoms with E-state index in [0.29, 0.717) is 18.2 Å². The van der Waals surface area contributed by atoms with E-state index < -0.39 is 5.60 Å². The van der Waals surface area contributed by atoms with Crippen LogP contribution in [0.15, 0.2) is 35.1 Å². The van der Waals surface area contributed by atoms with Gasteiger partial charge in [0.2, 0.25) is 0 Å². The van der Waals surface area contributed by atoms with Crippen molar-refractivity contribution in [2.45, 2.75) is 31.3 Å². The molecule has 0 unspecified atom stereocenters. The molecule has 1 fully saturated rings. The number of hydrogen-bond acceptors (Lipinski definition) is 3. The van der Waals surface area contributed by atoms with Crippen LogP contribution in [0.2, 0.25) is 0 Å². The van der Waals surface area contributed by atoms with E-state index in [4.69, 9.17) is 0 Å². The fourth-order valence-electron chi connectivity index (χ4n) is 2.88. The molecule has 0 atom stereocenters. The number of amides is 1. The van der Waals surface area contributed by atoms with Gasteiger partial charge in [0.1, 0.15) is 5.69 Å². The van der Waals surface area contributed by atoms with Gasteiger partial charge in [-0.05, 0) is 30.4 Å². The van der Waals surface area contributed by atoms with Gasteiger partial charge >= 0.3 is 0 Å². The minimum absolute atomic E-state index is 0.222. The van der Waals surface area contributed by atoms with Gasteiger partial charge in [-0.1, -0.05) is 31.0 Å². The number of aliphatic hydroxyl groups is 1. The van der Waals surface area contributed by atoms with E-state index in [-0.39, 0.29) is 23.7 Å². The summed E-state index contributed by atoms with van der Waals surface area (Å²) in [7, 11) is 0. The Morgan fingerprint density at radius 3 is 2.76 bits per heavy atom. The second-order valence-electron chi connectivity index (χ2n) is 5.71. The molecule has 0 radical (unpaired) electrons. The molecule has 1 aromatic heterocycles. The number of fused-ring (bicyclic) bond motifs is 1. The van der Waals surface area contributed by atoms with E-state index >= 15 is 0 Å². The molecule has 110 valence electrons. The zero-order valence-electron chi connectivity index (χ0n) is 11.7. The first kappa shape index (κ1) is 13.8. The van der Waals surface area contributed by atoms with Crippen molar-refractivity contribution in [2.75, 3.05) is 6.54 Å². The zero-order chi connectivity index (χ0) is 14.9. The van der Waals surface area contributed by atoms with E-state index in [1.54, 1.807) is 24.3 Å². The average molecular weight is 286 g/mol. The molecular weight excluding hydrogens is 268 g/mol. The lowest BCUT2D eigenvalue weighted by atomic mass is 10.0. The van der Waals surface area contributed by atoms with Crippen LogP contribution in [-0.2, 0) is 0 Å². The van der Waals surface area contributed by atoms with Crippen LogP contribution < -0.4 is 10.9 Å². The number of H-pyrrole nitrogens is 1. The lowest BCUT2D eigenvalue weighted by molar-refractivity contribution is 0.0448. The van der Waals surface area contributed by atoms with Gasteiger partial charge in [-0.25, -0.2) is 0 Å². The molecule has 1 saturated carbocycles. The van der Waals surface area contributed by atoms with Gasteiger partial charge in [0, 0.05) is 11.9 Å². The fourth-order valence-corrected chi connectivity index (χ4v) is 2.88. The molecule has 1 amide bonds. The predicted octanol–water partition coefficient (Wildman–Crippen LogP) is 1.56. The first-order valence-electron chi connectivity index (χ1n) is 7.20. The van der Waals surface area contributed by atoms with Gasteiger partial charge in [0.15, 0.2) is 0 Å². The third-order valence-electron chi connectivity index (χ3n) is 4.11. The molecule has 0 bridgehead atoms. The van der Waals surface area contributed by atoms with Crippen molar-refractivity contribution in [3.05, 3.63) is 46.4 Å². The van der Waals surface area contributed by atoms with Crippen LogP contribution in [0.4, 0.5) is 0 Å². The lowest BCUT2D eigenvalue weighted by Crippen LogP contribution is -2.41. The Morgan fingerprint density at radius 1 is 1.29 bits per heavy atom. The van der Waals surface area contributed by atoms with Crippen LogP contribution >= 0.6 is 0 Å². The van der Waals surface area contributed by atoms with Gasteiger partial charge in [0.05, 0.1) is 5.60 Å². The molecule has 5 nitrogen and oxygen atoms in total. The topological polar surface area (TPSA) is 82.2 Å². The molecule has 0 saturated heterocycles. The molecular formula is C16H18N2O3. The lowest BCUT2D eigenvalue weighted by Gasteiger charge is -2.22. The fraction of sp³-hybridized carbons (Fsp3) is 0.375. The quantitative estimate of drug-likeness (QED) is 0.801. The number of pyridine rings is 1. The Balaban J connectivity index is 1.80. The molecule has 5 heteroatoms. The average Bonchev–Trinajstić information content (AvgIpc) is 2.92. The number of carbonyl (C=O) groups excluding carboxylic acids is 1. The normalized spacial score (nSPS) is 17.0. The van der Waals surface area contributed by atoms with E-state index in [1.165, 1.54) is 0 Å². The second kappa shape index (κ2) is 5.33. The van der Waals surface area contributed by atoms with Crippen LogP contribution in [0.3, 0.4) is 0 Å². The molecule has 0 aliphatic heterocycles. The Kier molecular flexibility index (Phi) is 3.51.